The first-order chi connectivity index (χ1) is 10.6. The number of imide groups is 1. The summed E-state index contributed by atoms with van der Waals surface area (Å²) in [5.74, 6) is -0.283. The van der Waals surface area contributed by atoms with Gasteiger partial charge in [-0.05, 0) is 54.5 Å². The number of hydrogen-bond acceptors (Lipinski definition) is 4. The zero-order valence-electron chi connectivity index (χ0n) is 11.9. The second kappa shape index (κ2) is 4.80. The average Bonchev–Trinajstić information content (AvgIpc) is 2.82. The van der Waals surface area contributed by atoms with Crippen LogP contribution in [0.2, 0.25) is 0 Å². The first-order valence-corrected chi connectivity index (χ1v) is 7.54. The molecule has 4 atom stereocenters. The highest BCUT2D eigenvalue weighted by Crippen LogP contribution is 2.49. The second-order valence-corrected chi connectivity index (χ2v) is 6.17. The molecular weight excluding hydrogens is 280 g/mol. The molecule has 3 aliphatic carbocycles. The fraction of sp³-hybridized carbons (Fsp3) is 0.353. The third kappa shape index (κ3) is 1.89. The SMILES string of the molecule is O=C1[C@@H]2[C@@H](C(=O)N1/N=C\c1ccc(O)cc1)[C@@H]1C=C[C@@H]2CC1. The molecule has 22 heavy (non-hydrogen) atoms. The van der Waals surface area contributed by atoms with E-state index in [-0.39, 0.29) is 41.2 Å². The van der Waals surface area contributed by atoms with Crippen molar-refractivity contribution in [2.75, 3.05) is 0 Å². The van der Waals surface area contributed by atoms with E-state index >= 15 is 0 Å². The molecule has 1 saturated heterocycles. The van der Waals surface area contributed by atoms with Gasteiger partial charge in [0, 0.05) is 0 Å². The van der Waals surface area contributed by atoms with Crippen LogP contribution in [0.1, 0.15) is 18.4 Å². The normalized spacial score (nSPS) is 33.0. The molecule has 5 nitrogen and oxygen atoms in total. The number of hydrogen-bond donors (Lipinski definition) is 1. The molecule has 1 aromatic rings. The summed E-state index contributed by atoms with van der Waals surface area (Å²) in [6, 6.07) is 6.45. The molecule has 1 aliphatic heterocycles. The molecule has 1 saturated carbocycles. The topological polar surface area (TPSA) is 70.0 Å². The smallest absolute Gasteiger partial charge is 0.254 e. The lowest BCUT2D eigenvalue weighted by Gasteiger charge is -2.37. The van der Waals surface area contributed by atoms with E-state index in [1.807, 2.05) is 0 Å². The minimum atomic E-state index is -0.229. The Morgan fingerprint density at radius 1 is 1.00 bits per heavy atom. The van der Waals surface area contributed by atoms with Crippen molar-refractivity contribution in [1.29, 1.82) is 0 Å². The van der Waals surface area contributed by atoms with Crippen molar-refractivity contribution in [3.8, 4) is 5.75 Å². The Kier molecular flexibility index (Phi) is 2.89. The van der Waals surface area contributed by atoms with E-state index in [0.29, 0.717) is 0 Å². The molecular formula is C17H16N2O3. The van der Waals surface area contributed by atoms with E-state index in [9.17, 15) is 14.7 Å². The van der Waals surface area contributed by atoms with Crippen molar-refractivity contribution in [2.24, 2.45) is 28.8 Å². The molecule has 2 bridgehead atoms. The Labute approximate surface area is 127 Å². The first kappa shape index (κ1) is 13.2. The van der Waals surface area contributed by atoms with Crippen LogP contribution in [0, 0.1) is 23.7 Å². The summed E-state index contributed by atoms with van der Waals surface area (Å²) in [6.07, 6.45) is 7.64. The Balaban J connectivity index is 1.60. The van der Waals surface area contributed by atoms with Crippen LogP contribution >= 0.6 is 0 Å². The summed E-state index contributed by atoms with van der Waals surface area (Å²) in [7, 11) is 0. The summed E-state index contributed by atoms with van der Waals surface area (Å²) >= 11 is 0. The quantitative estimate of drug-likeness (QED) is 0.515. The molecule has 1 N–H and O–H groups in total. The Morgan fingerprint density at radius 3 is 2.05 bits per heavy atom. The molecule has 5 rings (SSSR count). The van der Waals surface area contributed by atoms with Crippen LogP contribution in [0.5, 0.6) is 5.75 Å². The van der Waals surface area contributed by atoms with Gasteiger partial charge in [-0.15, -0.1) is 0 Å². The highest BCUT2D eigenvalue weighted by molar-refractivity contribution is 6.06. The van der Waals surface area contributed by atoms with Crippen LogP contribution in [-0.4, -0.2) is 28.1 Å². The molecule has 5 heteroatoms. The highest BCUT2D eigenvalue weighted by Gasteiger charge is 2.56. The molecule has 0 aromatic heterocycles. The lowest BCUT2D eigenvalue weighted by atomic mass is 9.63. The van der Waals surface area contributed by atoms with Crippen LogP contribution < -0.4 is 0 Å². The predicted molar refractivity (Wildman–Crippen MR) is 79.9 cm³/mol. The van der Waals surface area contributed by atoms with Crippen LogP contribution in [0.15, 0.2) is 41.5 Å². The third-order valence-corrected chi connectivity index (χ3v) is 4.95. The Bertz CT molecular complexity index is 660. The fourth-order valence-corrected chi connectivity index (χ4v) is 3.86. The van der Waals surface area contributed by atoms with Crippen LogP contribution in [0.3, 0.4) is 0 Å². The summed E-state index contributed by atoms with van der Waals surface area (Å²) in [5, 5.41) is 14.4. The third-order valence-electron chi connectivity index (χ3n) is 4.95. The number of carbonyl (C=O) groups excluding carboxylic acids is 2. The van der Waals surface area contributed by atoms with Crippen LogP contribution in [-0.2, 0) is 9.59 Å². The van der Waals surface area contributed by atoms with Crippen molar-refractivity contribution in [2.45, 2.75) is 12.8 Å². The number of aromatic hydroxyl groups is 1. The molecule has 112 valence electrons. The molecule has 1 heterocycles. The highest BCUT2D eigenvalue weighted by atomic mass is 16.3. The van der Waals surface area contributed by atoms with Gasteiger partial charge >= 0.3 is 0 Å². The number of hydrazone groups is 1. The van der Waals surface area contributed by atoms with E-state index in [0.717, 1.165) is 23.4 Å². The van der Waals surface area contributed by atoms with Gasteiger partial charge in [-0.2, -0.15) is 10.1 Å². The van der Waals surface area contributed by atoms with Gasteiger partial charge in [0.2, 0.25) is 0 Å². The Morgan fingerprint density at radius 2 is 1.55 bits per heavy atom. The van der Waals surface area contributed by atoms with Crippen LogP contribution in [0.25, 0.3) is 0 Å². The monoisotopic (exact) mass is 296 g/mol. The Hall–Kier alpha value is -2.43. The van der Waals surface area contributed by atoms with Gasteiger partial charge in [0.15, 0.2) is 0 Å². The standard InChI is InChI=1S/C17H16N2O3/c20-13-7-1-10(2-8-13)9-18-19-16(21)14-11-3-4-12(6-5-11)15(14)17(19)22/h1-4,7-9,11-12,14-15,20H,5-6H2/b18-9-/t11-,12-,14+,15+/m1/s1. The number of nitrogens with zero attached hydrogens (tertiary/aromatic N) is 2. The number of phenolic OH excluding ortho intramolecular Hbond substituents is 1. The summed E-state index contributed by atoms with van der Waals surface area (Å²) < 4.78 is 0. The fourth-order valence-electron chi connectivity index (χ4n) is 3.86. The van der Waals surface area contributed by atoms with E-state index in [2.05, 4.69) is 17.3 Å². The van der Waals surface area contributed by atoms with Gasteiger partial charge in [0.1, 0.15) is 5.75 Å². The van der Waals surface area contributed by atoms with Gasteiger partial charge < -0.3 is 5.11 Å². The van der Waals surface area contributed by atoms with Crippen molar-refractivity contribution >= 4 is 18.0 Å². The molecule has 4 aliphatic rings. The van der Waals surface area contributed by atoms with E-state index in [1.54, 1.807) is 24.3 Å². The van der Waals surface area contributed by atoms with E-state index in [4.69, 9.17) is 0 Å². The number of amides is 2. The van der Waals surface area contributed by atoms with Crippen molar-refractivity contribution < 1.29 is 14.7 Å². The zero-order valence-corrected chi connectivity index (χ0v) is 11.9. The molecule has 0 radical (unpaired) electrons. The number of benzene rings is 1. The molecule has 0 unspecified atom stereocenters. The van der Waals surface area contributed by atoms with Crippen molar-refractivity contribution in [3.63, 3.8) is 0 Å². The number of carbonyl (C=O) groups is 2. The zero-order chi connectivity index (χ0) is 15.3. The van der Waals surface area contributed by atoms with Crippen molar-refractivity contribution in [3.05, 3.63) is 42.0 Å². The largest absolute Gasteiger partial charge is 0.508 e. The van der Waals surface area contributed by atoms with Gasteiger partial charge in [0.25, 0.3) is 11.8 Å². The predicted octanol–water partition coefficient (Wildman–Crippen LogP) is 1.92. The van der Waals surface area contributed by atoms with Gasteiger partial charge in [0.05, 0.1) is 18.1 Å². The average molecular weight is 296 g/mol. The van der Waals surface area contributed by atoms with Gasteiger partial charge in [-0.3, -0.25) is 9.59 Å². The number of fused-ring (bicyclic) bond motifs is 1. The maximum atomic E-state index is 12.5. The number of phenols is 1. The van der Waals surface area contributed by atoms with Gasteiger partial charge in [-0.1, -0.05) is 12.2 Å². The molecule has 0 spiro atoms. The summed E-state index contributed by atoms with van der Waals surface area (Å²) in [4.78, 5) is 25.1. The summed E-state index contributed by atoms with van der Waals surface area (Å²) in [6.45, 7) is 0. The van der Waals surface area contributed by atoms with Gasteiger partial charge in [-0.25, -0.2) is 0 Å². The maximum absolute atomic E-state index is 12.5. The lowest BCUT2D eigenvalue weighted by molar-refractivity contribution is -0.140. The molecule has 2 amide bonds. The van der Waals surface area contributed by atoms with E-state index < -0.39 is 0 Å². The molecule has 2 fully saturated rings. The van der Waals surface area contributed by atoms with E-state index in [1.165, 1.54) is 6.21 Å². The number of allylic oxidation sites excluding steroid dienone is 2. The maximum Gasteiger partial charge on any atom is 0.254 e. The first-order valence-electron chi connectivity index (χ1n) is 7.54. The summed E-state index contributed by atoms with van der Waals surface area (Å²) in [5.41, 5.74) is 0.731. The lowest BCUT2D eigenvalue weighted by Crippen LogP contribution is -2.38. The van der Waals surface area contributed by atoms with Crippen molar-refractivity contribution in [1.82, 2.24) is 5.01 Å². The van der Waals surface area contributed by atoms with Crippen LogP contribution in [0.4, 0.5) is 0 Å². The molecule has 1 aromatic carbocycles. The minimum Gasteiger partial charge on any atom is -0.508 e. The number of rotatable bonds is 2. The minimum absolute atomic E-state index is 0.166. The second-order valence-electron chi connectivity index (χ2n) is 6.17.